The summed E-state index contributed by atoms with van der Waals surface area (Å²) in [6.45, 7) is 4.68. The maximum absolute atomic E-state index is 13.5. The van der Waals surface area contributed by atoms with E-state index in [-0.39, 0.29) is 18.2 Å². The van der Waals surface area contributed by atoms with Crippen LogP contribution in [0.25, 0.3) is 0 Å². The van der Waals surface area contributed by atoms with Gasteiger partial charge in [-0.05, 0) is 18.2 Å². The van der Waals surface area contributed by atoms with Crippen molar-refractivity contribution in [3.63, 3.8) is 0 Å². The third-order valence-corrected chi connectivity index (χ3v) is 3.10. The van der Waals surface area contributed by atoms with Crippen molar-refractivity contribution >= 4 is 28.3 Å². The average Bonchev–Trinajstić information content (AvgIpc) is 2.25. The van der Waals surface area contributed by atoms with Gasteiger partial charge in [0.2, 0.25) is 0 Å². The molecule has 90 valence electrons. The average molecular weight is 310 g/mol. The van der Waals surface area contributed by atoms with E-state index >= 15 is 0 Å². The fraction of sp³-hybridized carbons (Fsp3) is 0.455. The van der Waals surface area contributed by atoms with E-state index in [1.807, 2.05) is 6.07 Å². The molecule has 2 nitrogen and oxygen atoms in total. The Bertz CT molecular complexity index is 343. The summed E-state index contributed by atoms with van der Waals surface area (Å²) in [7, 11) is 0. The normalized spacial score (nSPS) is 16.9. The number of benzene rings is 1. The van der Waals surface area contributed by atoms with Gasteiger partial charge in [0, 0.05) is 42.8 Å². The zero-order chi connectivity index (χ0) is 10.7. The molecule has 0 bridgehead atoms. The molecule has 1 heterocycles. The first kappa shape index (κ1) is 13.9. The molecule has 1 fully saturated rings. The Morgan fingerprint density at radius 3 is 2.69 bits per heavy atom. The summed E-state index contributed by atoms with van der Waals surface area (Å²) in [5.41, 5.74) is 0.770. The van der Waals surface area contributed by atoms with Crippen LogP contribution in [0, 0.1) is 5.82 Å². The molecule has 1 aliphatic heterocycles. The molecule has 1 aromatic rings. The molecule has 0 aliphatic carbocycles. The summed E-state index contributed by atoms with van der Waals surface area (Å²) in [6, 6.07) is 5.11. The van der Waals surface area contributed by atoms with Gasteiger partial charge in [0.05, 0.1) is 0 Å². The lowest BCUT2D eigenvalue weighted by Gasteiger charge is -2.27. The van der Waals surface area contributed by atoms with Gasteiger partial charge >= 0.3 is 0 Å². The molecule has 0 radical (unpaired) electrons. The summed E-state index contributed by atoms with van der Waals surface area (Å²) in [4.78, 5) is 2.27. The van der Waals surface area contributed by atoms with Crippen molar-refractivity contribution in [3.05, 3.63) is 34.1 Å². The molecule has 2 rings (SSSR count). The van der Waals surface area contributed by atoms with Crippen molar-refractivity contribution in [1.29, 1.82) is 0 Å². The first-order valence-electron chi connectivity index (χ1n) is 5.13. The molecule has 16 heavy (non-hydrogen) atoms. The molecule has 0 atom stereocenters. The maximum atomic E-state index is 13.5. The van der Waals surface area contributed by atoms with Crippen LogP contribution in [0.2, 0.25) is 0 Å². The SMILES string of the molecule is Cl.Fc1ccc(Br)cc1CN1CCNCC1. The van der Waals surface area contributed by atoms with Gasteiger partial charge in [-0.15, -0.1) is 12.4 Å². The van der Waals surface area contributed by atoms with E-state index in [9.17, 15) is 4.39 Å². The Morgan fingerprint density at radius 2 is 2.00 bits per heavy atom. The zero-order valence-electron chi connectivity index (χ0n) is 8.88. The number of rotatable bonds is 2. The molecule has 5 heteroatoms. The van der Waals surface area contributed by atoms with Crippen LogP contribution in [0.3, 0.4) is 0 Å². The van der Waals surface area contributed by atoms with Crippen molar-refractivity contribution in [2.75, 3.05) is 26.2 Å². The minimum absolute atomic E-state index is 0. The summed E-state index contributed by atoms with van der Waals surface area (Å²) in [5, 5.41) is 3.28. The van der Waals surface area contributed by atoms with E-state index in [0.29, 0.717) is 6.54 Å². The minimum atomic E-state index is -0.114. The fourth-order valence-electron chi connectivity index (χ4n) is 1.77. The van der Waals surface area contributed by atoms with Crippen molar-refractivity contribution in [2.45, 2.75) is 6.54 Å². The van der Waals surface area contributed by atoms with Crippen LogP contribution >= 0.6 is 28.3 Å². The summed E-state index contributed by atoms with van der Waals surface area (Å²) < 4.78 is 14.4. The summed E-state index contributed by atoms with van der Waals surface area (Å²) in [5.74, 6) is -0.114. The highest BCUT2D eigenvalue weighted by Crippen LogP contribution is 2.17. The number of halogens is 3. The second-order valence-electron chi connectivity index (χ2n) is 3.76. The number of nitrogens with one attached hydrogen (secondary N) is 1. The quantitative estimate of drug-likeness (QED) is 0.902. The molecule has 0 spiro atoms. The second kappa shape index (κ2) is 6.55. The van der Waals surface area contributed by atoms with Gasteiger partial charge in [0.1, 0.15) is 5.82 Å². The van der Waals surface area contributed by atoms with Crippen molar-refractivity contribution in [3.8, 4) is 0 Å². The highest BCUT2D eigenvalue weighted by Gasteiger charge is 2.12. The number of hydrogen-bond acceptors (Lipinski definition) is 2. The number of nitrogens with zero attached hydrogens (tertiary/aromatic N) is 1. The number of piperazine rings is 1. The minimum Gasteiger partial charge on any atom is -0.314 e. The van der Waals surface area contributed by atoms with E-state index in [1.165, 1.54) is 6.07 Å². The predicted molar refractivity (Wildman–Crippen MR) is 69.5 cm³/mol. The third kappa shape index (κ3) is 3.70. The maximum Gasteiger partial charge on any atom is 0.127 e. The third-order valence-electron chi connectivity index (χ3n) is 2.61. The standard InChI is InChI=1S/C11H14BrFN2.ClH/c12-10-1-2-11(13)9(7-10)8-15-5-3-14-4-6-15;/h1-2,7,14H,3-6,8H2;1H. The lowest BCUT2D eigenvalue weighted by Crippen LogP contribution is -2.43. The lowest BCUT2D eigenvalue weighted by atomic mass is 10.2. The summed E-state index contributed by atoms with van der Waals surface area (Å²) in [6.07, 6.45) is 0. The smallest absolute Gasteiger partial charge is 0.127 e. The Kier molecular flexibility index (Phi) is 5.69. The monoisotopic (exact) mass is 308 g/mol. The Morgan fingerprint density at radius 1 is 1.31 bits per heavy atom. The molecule has 1 N–H and O–H groups in total. The highest BCUT2D eigenvalue weighted by atomic mass is 79.9. The topological polar surface area (TPSA) is 15.3 Å². The van der Waals surface area contributed by atoms with Crippen LogP contribution < -0.4 is 5.32 Å². The van der Waals surface area contributed by atoms with Gasteiger partial charge in [0.15, 0.2) is 0 Å². The highest BCUT2D eigenvalue weighted by molar-refractivity contribution is 9.10. The van der Waals surface area contributed by atoms with E-state index in [1.54, 1.807) is 6.07 Å². The molecule has 1 saturated heterocycles. The van der Waals surface area contributed by atoms with Crippen molar-refractivity contribution < 1.29 is 4.39 Å². The van der Waals surface area contributed by atoms with Gasteiger partial charge in [-0.1, -0.05) is 15.9 Å². The first-order valence-corrected chi connectivity index (χ1v) is 5.92. The van der Waals surface area contributed by atoms with Gasteiger partial charge in [0.25, 0.3) is 0 Å². The van der Waals surface area contributed by atoms with E-state index in [4.69, 9.17) is 0 Å². The second-order valence-corrected chi connectivity index (χ2v) is 4.68. The predicted octanol–water partition coefficient (Wildman–Crippen LogP) is 2.42. The van der Waals surface area contributed by atoms with Crippen LogP contribution in [-0.4, -0.2) is 31.1 Å². The molecule has 1 aliphatic rings. The van der Waals surface area contributed by atoms with Gasteiger partial charge in [-0.2, -0.15) is 0 Å². The van der Waals surface area contributed by atoms with Crippen LogP contribution in [-0.2, 0) is 6.54 Å². The molecular formula is C11H15BrClFN2. The molecule has 0 unspecified atom stereocenters. The zero-order valence-corrected chi connectivity index (χ0v) is 11.3. The van der Waals surface area contributed by atoms with Gasteiger partial charge in [-0.3, -0.25) is 4.90 Å². The van der Waals surface area contributed by atoms with Crippen LogP contribution in [0.4, 0.5) is 4.39 Å². The molecular weight excluding hydrogens is 294 g/mol. The van der Waals surface area contributed by atoms with E-state index < -0.39 is 0 Å². The van der Waals surface area contributed by atoms with Crippen LogP contribution in [0.15, 0.2) is 22.7 Å². The van der Waals surface area contributed by atoms with Crippen LogP contribution in [0.5, 0.6) is 0 Å². The first-order chi connectivity index (χ1) is 7.25. The fourth-order valence-corrected chi connectivity index (χ4v) is 2.18. The van der Waals surface area contributed by atoms with E-state index in [0.717, 1.165) is 36.2 Å². The lowest BCUT2D eigenvalue weighted by molar-refractivity contribution is 0.230. The van der Waals surface area contributed by atoms with Gasteiger partial charge < -0.3 is 5.32 Å². The molecule has 1 aromatic carbocycles. The Balaban J connectivity index is 0.00000128. The molecule has 0 saturated carbocycles. The largest absolute Gasteiger partial charge is 0.314 e. The summed E-state index contributed by atoms with van der Waals surface area (Å²) >= 11 is 3.36. The van der Waals surface area contributed by atoms with Gasteiger partial charge in [-0.25, -0.2) is 4.39 Å². The molecule has 0 aromatic heterocycles. The molecule has 0 amide bonds. The van der Waals surface area contributed by atoms with Crippen molar-refractivity contribution in [2.24, 2.45) is 0 Å². The van der Waals surface area contributed by atoms with E-state index in [2.05, 4.69) is 26.1 Å². The van der Waals surface area contributed by atoms with Crippen LogP contribution in [0.1, 0.15) is 5.56 Å². The number of hydrogen-bond donors (Lipinski definition) is 1. The Hall–Kier alpha value is -0.160. The van der Waals surface area contributed by atoms with Crippen molar-refractivity contribution in [1.82, 2.24) is 10.2 Å². The Labute approximate surface area is 110 Å².